The Hall–Kier alpha value is -1.20. The number of hydrogen-bond donors (Lipinski definition) is 2. The Balaban J connectivity index is 1.90. The first-order valence-electron chi connectivity index (χ1n) is 6.36. The Kier molecular flexibility index (Phi) is 3.18. The zero-order valence-corrected chi connectivity index (χ0v) is 11.2. The third-order valence-corrected chi connectivity index (χ3v) is 4.84. The van der Waals surface area contributed by atoms with Gasteiger partial charge >= 0.3 is 0 Å². The molecule has 2 unspecified atom stereocenters. The molecule has 2 atom stereocenters. The molecule has 0 aliphatic heterocycles. The summed E-state index contributed by atoms with van der Waals surface area (Å²) in [7, 11) is 0. The van der Waals surface area contributed by atoms with Crippen molar-refractivity contribution in [3.05, 3.63) is 17.3 Å². The van der Waals surface area contributed by atoms with Gasteiger partial charge in [0.05, 0.1) is 10.2 Å². The van der Waals surface area contributed by atoms with Crippen molar-refractivity contribution in [2.45, 2.75) is 32.2 Å². The average Bonchev–Trinajstić information content (AvgIpc) is 2.98. The number of fused-ring (bicyclic) bond motifs is 1. The lowest BCUT2D eigenvalue weighted by atomic mass is 10.1. The quantitative estimate of drug-likeness (QED) is 0.893. The Labute approximate surface area is 110 Å². The highest BCUT2D eigenvalue weighted by Crippen LogP contribution is 2.32. The first-order valence-corrected chi connectivity index (χ1v) is 7.23. The number of nitrogens with one attached hydrogen (secondary N) is 1. The second-order valence-electron chi connectivity index (χ2n) is 4.94. The minimum atomic E-state index is 0.259. The lowest BCUT2D eigenvalue weighted by Gasteiger charge is -2.19. The van der Waals surface area contributed by atoms with Crippen molar-refractivity contribution in [3.63, 3.8) is 0 Å². The molecule has 0 radical (unpaired) electrons. The maximum Gasteiger partial charge on any atom is 0.147 e. The summed E-state index contributed by atoms with van der Waals surface area (Å²) in [5.74, 6) is 1.28. The maximum absolute atomic E-state index is 9.36. The molecule has 0 bridgehead atoms. The van der Waals surface area contributed by atoms with Crippen LogP contribution in [-0.4, -0.2) is 27.7 Å². The van der Waals surface area contributed by atoms with Gasteiger partial charge in [-0.15, -0.1) is 11.3 Å². The van der Waals surface area contributed by atoms with E-state index < -0.39 is 0 Å². The van der Waals surface area contributed by atoms with Crippen LogP contribution in [0.2, 0.25) is 0 Å². The summed E-state index contributed by atoms with van der Waals surface area (Å²) in [5, 5.41) is 15.0. The Morgan fingerprint density at radius 1 is 1.44 bits per heavy atom. The summed E-state index contributed by atoms with van der Waals surface area (Å²) in [5.41, 5.74) is 2.24. The van der Waals surface area contributed by atoms with Gasteiger partial charge in [0, 0.05) is 18.6 Å². The molecule has 1 fully saturated rings. The van der Waals surface area contributed by atoms with Crippen molar-refractivity contribution < 1.29 is 5.11 Å². The number of aryl methyl sites for hydroxylation is 1. The first-order chi connectivity index (χ1) is 8.79. The number of aromatic nitrogens is 2. The smallest absolute Gasteiger partial charge is 0.147 e. The summed E-state index contributed by atoms with van der Waals surface area (Å²) in [6.07, 6.45) is 5.01. The van der Waals surface area contributed by atoms with Crippen LogP contribution in [0.5, 0.6) is 0 Å². The zero-order valence-electron chi connectivity index (χ0n) is 10.4. The van der Waals surface area contributed by atoms with E-state index in [0.717, 1.165) is 28.9 Å². The lowest BCUT2D eigenvalue weighted by molar-refractivity contribution is 0.222. The molecule has 2 aromatic heterocycles. The highest BCUT2D eigenvalue weighted by atomic mass is 32.1. The van der Waals surface area contributed by atoms with Crippen LogP contribution in [0.4, 0.5) is 5.82 Å². The van der Waals surface area contributed by atoms with E-state index in [2.05, 4.69) is 27.6 Å². The normalized spacial score (nSPS) is 23.7. The van der Waals surface area contributed by atoms with E-state index in [-0.39, 0.29) is 6.61 Å². The molecule has 1 aliphatic carbocycles. The fraction of sp³-hybridized carbons (Fsp3) is 0.538. The molecule has 1 saturated carbocycles. The van der Waals surface area contributed by atoms with Gasteiger partial charge in [-0.2, -0.15) is 0 Å². The van der Waals surface area contributed by atoms with Crippen LogP contribution in [-0.2, 0) is 0 Å². The van der Waals surface area contributed by atoms with Gasteiger partial charge in [-0.3, -0.25) is 0 Å². The third kappa shape index (κ3) is 1.97. The number of nitrogens with zero attached hydrogens (tertiary/aromatic N) is 2. The summed E-state index contributed by atoms with van der Waals surface area (Å²) >= 11 is 1.68. The van der Waals surface area contributed by atoms with Gasteiger partial charge in [0.25, 0.3) is 0 Å². The molecule has 2 aromatic rings. The van der Waals surface area contributed by atoms with E-state index in [1.165, 1.54) is 12.0 Å². The molecule has 18 heavy (non-hydrogen) atoms. The lowest BCUT2D eigenvalue weighted by Crippen LogP contribution is -2.26. The molecule has 4 nitrogen and oxygen atoms in total. The Morgan fingerprint density at radius 2 is 2.33 bits per heavy atom. The predicted molar refractivity (Wildman–Crippen MR) is 74.0 cm³/mol. The molecule has 2 N–H and O–H groups in total. The molecule has 0 spiro atoms. The second kappa shape index (κ2) is 4.82. The van der Waals surface area contributed by atoms with Crippen molar-refractivity contribution >= 4 is 27.4 Å². The highest BCUT2D eigenvalue weighted by molar-refractivity contribution is 7.18. The molecular weight excluding hydrogens is 246 g/mol. The van der Waals surface area contributed by atoms with Gasteiger partial charge in [0.2, 0.25) is 0 Å². The summed E-state index contributed by atoms with van der Waals surface area (Å²) in [6, 6.07) is 0.343. The van der Waals surface area contributed by atoms with Crippen LogP contribution in [0.3, 0.4) is 0 Å². The van der Waals surface area contributed by atoms with E-state index in [1.54, 1.807) is 17.7 Å². The number of anilines is 1. The maximum atomic E-state index is 9.36. The van der Waals surface area contributed by atoms with Crippen molar-refractivity contribution in [1.29, 1.82) is 0 Å². The number of thiophene rings is 1. The van der Waals surface area contributed by atoms with Crippen LogP contribution in [0.1, 0.15) is 24.8 Å². The average molecular weight is 263 g/mol. The van der Waals surface area contributed by atoms with Gasteiger partial charge in [-0.05, 0) is 30.7 Å². The Bertz CT molecular complexity index is 554. The number of hydrogen-bond acceptors (Lipinski definition) is 5. The second-order valence-corrected chi connectivity index (χ2v) is 5.82. The van der Waals surface area contributed by atoms with Gasteiger partial charge < -0.3 is 10.4 Å². The first kappa shape index (κ1) is 11.9. The number of rotatable bonds is 3. The summed E-state index contributed by atoms with van der Waals surface area (Å²) < 4.78 is 1.12. The molecule has 96 valence electrons. The molecule has 5 heteroatoms. The Morgan fingerprint density at radius 3 is 3.17 bits per heavy atom. The van der Waals surface area contributed by atoms with Crippen LogP contribution < -0.4 is 5.32 Å². The SMILES string of the molecule is Cc1csc2c(NC3CCCC3CO)ncnc12. The number of aliphatic hydroxyl groups is 1. The summed E-state index contributed by atoms with van der Waals surface area (Å²) in [4.78, 5) is 8.68. The fourth-order valence-corrected chi connectivity index (χ4v) is 3.65. The minimum absolute atomic E-state index is 0.259. The van der Waals surface area contributed by atoms with Crippen molar-refractivity contribution in [2.24, 2.45) is 5.92 Å². The van der Waals surface area contributed by atoms with Gasteiger partial charge in [-0.25, -0.2) is 9.97 Å². The zero-order chi connectivity index (χ0) is 12.5. The van der Waals surface area contributed by atoms with E-state index in [1.807, 2.05) is 0 Å². The standard InChI is InChI=1S/C13H17N3OS/c1-8-6-18-12-11(8)14-7-15-13(12)16-10-4-2-3-9(10)5-17/h6-7,9-10,17H,2-5H2,1H3,(H,14,15,16). The summed E-state index contributed by atoms with van der Waals surface area (Å²) in [6.45, 7) is 2.33. The molecule has 0 aromatic carbocycles. The van der Waals surface area contributed by atoms with Crippen LogP contribution in [0.15, 0.2) is 11.7 Å². The van der Waals surface area contributed by atoms with Crippen LogP contribution >= 0.6 is 11.3 Å². The van der Waals surface area contributed by atoms with Crippen molar-refractivity contribution in [2.75, 3.05) is 11.9 Å². The van der Waals surface area contributed by atoms with Gasteiger partial charge in [0.15, 0.2) is 0 Å². The van der Waals surface area contributed by atoms with Crippen LogP contribution in [0.25, 0.3) is 10.2 Å². The molecular formula is C13H17N3OS. The van der Waals surface area contributed by atoms with Crippen LogP contribution in [0, 0.1) is 12.8 Å². The molecule has 0 amide bonds. The molecule has 0 saturated heterocycles. The topological polar surface area (TPSA) is 58.0 Å². The van der Waals surface area contributed by atoms with E-state index in [9.17, 15) is 5.11 Å². The van der Waals surface area contributed by atoms with E-state index in [4.69, 9.17) is 0 Å². The van der Waals surface area contributed by atoms with E-state index in [0.29, 0.717) is 12.0 Å². The van der Waals surface area contributed by atoms with Gasteiger partial charge in [0.1, 0.15) is 12.1 Å². The fourth-order valence-electron chi connectivity index (χ4n) is 2.69. The number of aliphatic hydroxyl groups excluding tert-OH is 1. The van der Waals surface area contributed by atoms with Gasteiger partial charge in [-0.1, -0.05) is 6.42 Å². The molecule has 1 aliphatic rings. The predicted octanol–water partition coefficient (Wildman–Crippen LogP) is 2.57. The highest BCUT2D eigenvalue weighted by Gasteiger charge is 2.27. The molecule has 2 heterocycles. The minimum Gasteiger partial charge on any atom is -0.396 e. The van der Waals surface area contributed by atoms with Crippen molar-refractivity contribution in [1.82, 2.24) is 9.97 Å². The largest absolute Gasteiger partial charge is 0.396 e. The third-order valence-electron chi connectivity index (χ3n) is 3.75. The molecule has 3 rings (SSSR count). The van der Waals surface area contributed by atoms with E-state index >= 15 is 0 Å². The monoisotopic (exact) mass is 263 g/mol. The van der Waals surface area contributed by atoms with Crippen molar-refractivity contribution in [3.8, 4) is 0 Å².